The van der Waals surface area contributed by atoms with Gasteiger partial charge in [0.25, 0.3) is 0 Å². The maximum absolute atomic E-state index is 12.4. The van der Waals surface area contributed by atoms with Gasteiger partial charge in [-0.1, -0.05) is 12.2 Å². The second-order valence-corrected chi connectivity index (χ2v) is 7.80. The topological polar surface area (TPSA) is 29.5 Å². The lowest BCUT2D eigenvalue weighted by Gasteiger charge is -2.30. The molecule has 0 atom stereocenters. The fraction of sp³-hybridized carbons (Fsp3) is 0.500. The first kappa shape index (κ1) is 20.8. The van der Waals surface area contributed by atoms with Crippen molar-refractivity contribution in [2.75, 3.05) is 13.1 Å². The van der Waals surface area contributed by atoms with Crippen molar-refractivity contribution in [2.45, 2.75) is 51.0 Å². The zero-order valence-electron chi connectivity index (χ0n) is 14.7. The Morgan fingerprint density at radius 2 is 2.08 bits per heavy atom. The standard InChI is InChI=1S/C11H19NO2.C7H6ClFS/c1-9-6-5-7-12(8-9)10(13)14-11(2,3)4;1-5-4-6(9)2-3-7(5)10-8/h1,5-8H2,2-4H3;2-4H,1H3. The lowest BCUT2D eigenvalue weighted by molar-refractivity contribution is 0.0247. The summed E-state index contributed by atoms with van der Waals surface area (Å²) in [5, 5.41) is 0. The Bertz CT molecular complexity index is 587. The largest absolute Gasteiger partial charge is 0.444 e. The zero-order chi connectivity index (χ0) is 18.3. The molecular weight excluding hydrogens is 349 g/mol. The van der Waals surface area contributed by atoms with Gasteiger partial charge in [-0.25, -0.2) is 9.18 Å². The van der Waals surface area contributed by atoms with Gasteiger partial charge in [-0.15, -0.1) is 0 Å². The third-order valence-electron chi connectivity index (χ3n) is 3.24. The maximum Gasteiger partial charge on any atom is 0.410 e. The van der Waals surface area contributed by atoms with E-state index in [0.29, 0.717) is 6.54 Å². The highest BCUT2D eigenvalue weighted by Gasteiger charge is 2.24. The number of piperidine rings is 1. The number of rotatable bonds is 1. The summed E-state index contributed by atoms with van der Waals surface area (Å²) in [4.78, 5) is 14.2. The lowest BCUT2D eigenvalue weighted by atomic mass is 10.1. The van der Waals surface area contributed by atoms with Crippen LogP contribution in [0, 0.1) is 12.7 Å². The van der Waals surface area contributed by atoms with Crippen LogP contribution in [0.1, 0.15) is 39.2 Å². The predicted octanol–water partition coefficient (Wildman–Crippen LogP) is 5.95. The number of hydrogen-bond donors (Lipinski definition) is 0. The summed E-state index contributed by atoms with van der Waals surface area (Å²) in [5.41, 5.74) is 1.58. The van der Waals surface area contributed by atoms with Gasteiger partial charge in [0, 0.05) is 18.0 Å². The van der Waals surface area contributed by atoms with Crippen molar-refractivity contribution in [1.29, 1.82) is 0 Å². The Morgan fingerprint density at radius 1 is 1.42 bits per heavy atom. The normalized spacial score (nSPS) is 14.8. The quantitative estimate of drug-likeness (QED) is 0.569. The van der Waals surface area contributed by atoms with Crippen molar-refractivity contribution in [3.63, 3.8) is 0 Å². The SMILES string of the molecule is C=C1CCCN(C(=O)OC(C)(C)C)C1.Cc1cc(F)ccc1SCl. The molecule has 134 valence electrons. The number of carbonyl (C=O) groups is 1. The molecule has 1 aliphatic rings. The molecule has 1 amide bonds. The molecule has 0 N–H and O–H groups in total. The van der Waals surface area contributed by atoms with Crippen LogP contribution in [0.4, 0.5) is 9.18 Å². The molecule has 1 aromatic carbocycles. The number of ether oxygens (including phenoxy) is 1. The third kappa shape index (κ3) is 7.58. The van der Waals surface area contributed by atoms with Crippen molar-refractivity contribution in [1.82, 2.24) is 4.90 Å². The van der Waals surface area contributed by atoms with E-state index in [2.05, 4.69) is 6.58 Å². The highest BCUT2D eigenvalue weighted by Crippen LogP contribution is 2.25. The zero-order valence-corrected chi connectivity index (χ0v) is 16.3. The van der Waals surface area contributed by atoms with Crippen LogP contribution in [0.2, 0.25) is 0 Å². The van der Waals surface area contributed by atoms with Gasteiger partial charge in [-0.05, 0) is 86.0 Å². The van der Waals surface area contributed by atoms with Gasteiger partial charge in [0.05, 0.1) is 0 Å². The van der Waals surface area contributed by atoms with Crippen molar-refractivity contribution in [2.24, 2.45) is 0 Å². The van der Waals surface area contributed by atoms with Crippen LogP contribution in [0.5, 0.6) is 0 Å². The fourth-order valence-electron chi connectivity index (χ4n) is 2.13. The van der Waals surface area contributed by atoms with Crippen LogP contribution in [-0.2, 0) is 4.74 Å². The third-order valence-corrected chi connectivity index (χ3v) is 4.37. The van der Waals surface area contributed by atoms with Crippen LogP contribution in [0.15, 0.2) is 35.2 Å². The van der Waals surface area contributed by atoms with Gasteiger partial charge in [0.2, 0.25) is 0 Å². The van der Waals surface area contributed by atoms with Gasteiger partial charge in [0.1, 0.15) is 11.4 Å². The Morgan fingerprint density at radius 3 is 2.58 bits per heavy atom. The van der Waals surface area contributed by atoms with Crippen LogP contribution in [-0.4, -0.2) is 29.7 Å². The highest BCUT2D eigenvalue weighted by molar-refractivity contribution is 8.21. The molecule has 6 heteroatoms. The van der Waals surface area contributed by atoms with Crippen LogP contribution in [0.25, 0.3) is 0 Å². The molecule has 3 nitrogen and oxygen atoms in total. The monoisotopic (exact) mass is 373 g/mol. The van der Waals surface area contributed by atoms with E-state index in [1.54, 1.807) is 11.0 Å². The summed E-state index contributed by atoms with van der Waals surface area (Å²) >= 11 is 0. The number of halogens is 2. The molecule has 1 saturated heterocycles. The van der Waals surface area contributed by atoms with Gasteiger partial charge in [-0.2, -0.15) is 0 Å². The second-order valence-electron chi connectivity index (χ2n) is 6.74. The number of hydrogen-bond acceptors (Lipinski definition) is 3. The number of likely N-dealkylation sites (tertiary alicyclic amines) is 1. The first-order valence-corrected chi connectivity index (χ1v) is 9.46. The molecule has 0 radical (unpaired) electrons. The number of carbonyl (C=O) groups excluding carboxylic acids is 1. The molecule has 0 bridgehead atoms. The molecule has 1 fully saturated rings. The van der Waals surface area contributed by atoms with Crippen molar-refractivity contribution in [3.05, 3.63) is 41.7 Å². The van der Waals surface area contributed by atoms with E-state index < -0.39 is 5.60 Å². The van der Waals surface area contributed by atoms with E-state index in [4.69, 9.17) is 15.4 Å². The first-order chi connectivity index (χ1) is 11.1. The van der Waals surface area contributed by atoms with Gasteiger partial charge in [-0.3, -0.25) is 0 Å². The van der Waals surface area contributed by atoms with E-state index in [-0.39, 0.29) is 11.9 Å². The molecule has 1 heterocycles. The summed E-state index contributed by atoms with van der Waals surface area (Å²) in [6.45, 7) is 12.8. The van der Waals surface area contributed by atoms with E-state index in [1.807, 2.05) is 27.7 Å². The van der Waals surface area contributed by atoms with Crippen LogP contribution in [0.3, 0.4) is 0 Å². The fourth-order valence-corrected chi connectivity index (χ4v) is 2.95. The van der Waals surface area contributed by atoms with Crippen LogP contribution >= 0.6 is 21.7 Å². The summed E-state index contributed by atoms with van der Waals surface area (Å²) in [5.74, 6) is -0.216. The molecule has 0 saturated carbocycles. The van der Waals surface area contributed by atoms with Crippen molar-refractivity contribution >= 4 is 27.8 Å². The van der Waals surface area contributed by atoms with Crippen molar-refractivity contribution in [3.8, 4) is 0 Å². The summed E-state index contributed by atoms with van der Waals surface area (Å²) in [7, 11) is 6.59. The number of nitrogens with zero attached hydrogens (tertiary/aromatic N) is 1. The molecule has 24 heavy (non-hydrogen) atoms. The minimum absolute atomic E-state index is 0.216. The molecule has 0 unspecified atom stereocenters. The van der Waals surface area contributed by atoms with E-state index in [1.165, 1.54) is 12.1 Å². The molecule has 1 aliphatic heterocycles. The molecule has 1 aromatic rings. The molecule has 0 spiro atoms. The Hall–Kier alpha value is -1.20. The van der Waals surface area contributed by atoms with E-state index >= 15 is 0 Å². The predicted molar refractivity (Wildman–Crippen MR) is 99.0 cm³/mol. The van der Waals surface area contributed by atoms with Gasteiger partial charge >= 0.3 is 6.09 Å². The Balaban J connectivity index is 0.000000254. The van der Waals surface area contributed by atoms with Crippen LogP contribution < -0.4 is 0 Å². The highest BCUT2D eigenvalue weighted by atomic mass is 35.7. The molecule has 0 aromatic heterocycles. The number of benzene rings is 1. The van der Waals surface area contributed by atoms with Gasteiger partial charge in [0.15, 0.2) is 0 Å². The smallest absolute Gasteiger partial charge is 0.410 e. The van der Waals surface area contributed by atoms with Crippen molar-refractivity contribution < 1.29 is 13.9 Å². The minimum atomic E-state index is -0.407. The average Bonchev–Trinajstić information content (AvgIpc) is 2.46. The van der Waals surface area contributed by atoms with Gasteiger partial charge < -0.3 is 9.64 Å². The number of amides is 1. The summed E-state index contributed by atoms with van der Waals surface area (Å²) in [6, 6.07) is 4.53. The lowest BCUT2D eigenvalue weighted by Crippen LogP contribution is -2.40. The average molecular weight is 374 g/mol. The Labute approximate surface area is 152 Å². The minimum Gasteiger partial charge on any atom is -0.444 e. The molecule has 0 aliphatic carbocycles. The van der Waals surface area contributed by atoms with E-state index in [9.17, 15) is 9.18 Å². The summed E-state index contributed by atoms with van der Waals surface area (Å²) < 4.78 is 17.7. The molecule has 2 rings (SSSR count). The summed E-state index contributed by atoms with van der Waals surface area (Å²) in [6.07, 6.45) is 1.80. The van der Waals surface area contributed by atoms with E-state index in [0.717, 1.165) is 46.4 Å². The second kappa shape index (κ2) is 9.33. The molecular formula is C18H25ClFNO2S. The Kier molecular flexibility index (Phi) is 8.10. The number of aryl methyl sites for hydroxylation is 1. The first-order valence-electron chi connectivity index (χ1n) is 7.81. The maximum atomic E-state index is 12.4.